The van der Waals surface area contributed by atoms with Gasteiger partial charge >= 0.3 is 0 Å². The van der Waals surface area contributed by atoms with Crippen molar-refractivity contribution in [2.75, 3.05) is 26.8 Å². The first-order chi connectivity index (χ1) is 13.0. The van der Waals surface area contributed by atoms with Gasteiger partial charge in [0.05, 0.1) is 12.2 Å². The maximum Gasteiger partial charge on any atom is 0.191 e. The number of nitrogens with one attached hydrogen (secondary N) is 2. The van der Waals surface area contributed by atoms with Gasteiger partial charge in [0.2, 0.25) is 0 Å². The molecule has 1 saturated heterocycles. The largest absolute Gasteiger partial charge is 0.381 e. The van der Waals surface area contributed by atoms with Crippen LogP contribution in [0.3, 0.4) is 0 Å². The van der Waals surface area contributed by atoms with Crippen LogP contribution >= 0.6 is 35.3 Å². The van der Waals surface area contributed by atoms with Gasteiger partial charge in [-0.15, -0.1) is 35.3 Å². The Labute approximate surface area is 187 Å². The van der Waals surface area contributed by atoms with Crippen LogP contribution in [0, 0.1) is 19.7 Å². The number of hydrogen-bond donors (Lipinski definition) is 2. The Kier molecular flexibility index (Phi) is 8.63. The molecule has 1 aromatic carbocycles. The van der Waals surface area contributed by atoms with Gasteiger partial charge in [-0.05, 0) is 44.4 Å². The summed E-state index contributed by atoms with van der Waals surface area (Å²) in [5.74, 6) is 0.526. The summed E-state index contributed by atoms with van der Waals surface area (Å²) in [6.07, 6.45) is 1.70. The summed E-state index contributed by atoms with van der Waals surface area (Å²) < 4.78 is 19.4. The van der Waals surface area contributed by atoms with Crippen LogP contribution in [0.2, 0.25) is 0 Å². The van der Waals surface area contributed by atoms with E-state index in [1.165, 1.54) is 10.9 Å². The van der Waals surface area contributed by atoms with E-state index in [4.69, 9.17) is 4.74 Å². The summed E-state index contributed by atoms with van der Waals surface area (Å²) in [5, 5.41) is 7.80. The van der Waals surface area contributed by atoms with E-state index in [0.717, 1.165) is 35.1 Å². The van der Waals surface area contributed by atoms with Crippen LogP contribution in [0.4, 0.5) is 4.39 Å². The minimum atomic E-state index is -0.199. The van der Waals surface area contributed by atoms with E-state index in [1.54, 1.807) is 30.5 Å². The number of aromatic nitrogens is 1. The van der Waals surface area contributed by atoms with Gasteiger partial charge < -0.3 is 15.4 Å². The molecule has 3 rings (SSSR count). The molecule has 2 heterocycles. The number of aliphatic imine (C=N–C) groups is 1. The summed E-state index contributed by atoms with van der Waals surface area (Å²) in [7, 11) is 1.76. The summed E-state index contributed by atoms with van der Waals surface area (Å²) >= 11 is 1.70. The number of benzene rings is 1. The second kappa shape index (κ2) is 10.5. The molecule has 0 unspecified atom stereocenters. The van der Waals surface area contributed by atoms with Crippen LogP contribution in [0.5, 0.6) is 0 Å². The zero-order valence-corrected chi connectivity index (χ0v) is 19.7. The highest BCUT2D eigenvalue weighted by atomic mass is 127. The van der Waals surface area contributed by atoms with E-state index >= 15 is 0 Å². The Morgan fingerprint density at radius 2 is 2.04 bits per heavy atom. The molecule has 28 heavy (non-hydrogen) atoms. The highest BCUT2D eigenvalue weighted by Gasteiger charge is 2.34. The Morgan fingerprint density at radius 1 is 1.29 bits per heavy atom. The molecule has 1 fully saturated rings. The Hall–Kier alpha value is -1.26. The summed E-state index contributed by atoms with van der Waals surface area (Å²) in [5.41, 5.74) is 1.93. The lowest BCUT2D eigenvalue weighted by Gasteiger charge is -2.38. The molecular formula is C20H28FIN4OS. The summed E-state index contributed by atoms with van der Waals surface area (Å²) in [4.78, 5) is 10.1. The van der Waals surface area contributed by atoms with Crippen LogP contribution in [0.15, 0.2) is 29.3 Å². The highest BCUT2D eigenvalue weighted by Crippen LogP contribution is 2.34. The van der Waals surface area contributed by atoms with Gasteiger partial charge in [0.1, 0.15) is 10.8 Å². The summed E-state index contributed by atoms with van der Waals surface area (Å²) in [6.45, 7) is 6.78. The molecule has 2 aromatic rings. The van der Waals surface area contributed by atoms with E-state index in [0.29, 0.717) is 26.3 Å². The molecule has 1 aliphatic rings. The van der Waals surface area contributed by atoms with Crippen molar-refractivity contribution in [1.82, 2.24) is 15.6 Å². The zero-order chi connectivity index (χ0) is 19.3. The molecule has 0 bridgehead atoms. The van der Waals surface area contributed by atoms with Crippen molar-refractivity contribution < 1.29 is 9.13 Å². The fraction of sp³-hybridized carbons (Fsp3) is 0.500. The van der Waals surface area contributed by atoms with Crippen molar-refractivity contribution in [1.29, 1.82) is 0 Å². The monoisotopic (exact) mass is 518 g/mol. The second-order valence-corrected chi connectivity index (χ2v) is 8.22. The number of guanidine groups is 1. The molecule has 0 aliphatic carbocycles. The topological polar surface area (TPSA) is 58.5 Å². The Bertz CT molecular complexity index is 786. The van der Waals surface area contributed by atoms with E-state index in [2.05, 4.69) is 27.5 Å². The molecule has 2 N–H and O–H groups in total. The first-order valence-corrected chi connectivity index (χ1v) is 10.1. The molecule has 0 spiro atoms. The van der Waals surface area contributed by atoms with Crippen LogP contribution in [-0.2, 0) is 16.7 Å². The first kappa shape index (κ1) is 23.0. The van der Waals surface area contributed by atoms with Gasteiger partial charge in [0, 0.05) is 37.1 Å². The SMILES string of the molecule is CN=C(NCc1nc(C)c(C)s1)NCC1(c2cccc(F)c2)CCOCC1.I. The van der Waals surface area contributed by atoms with E-state index in [-0.39, 0.29) is 35.2 Å². The second-order valence-electron chi connectivity index (χ2n) is 6.93. The smallest absolute Gasteiger partial charge is 0.191 e. The van der Waals surface area contributed by atoms with Crippen LogP contribution in [0.25, 0.3) is 0 Å². The van der Waals surface area contributed by atoms with E-state index in [9.17, 15) is 4.39 Å². The van der Waals surface area contributed by atoms with Gasteiger partial charge in [-0.2, -0.15) is 0 Å². The standard InChI is InChI=1S/C20H27FN4OS.HI/c1-14-15(2)27-18(25-14)12-23-19(22-3)24-13-20(7-9-26-10-8-20)16-5-4-6-17(21)11-16;/h4-6,11H,7-10,12-13H2,1-3H3,(H2,22,23,24);1H. The van der Waals surface area contributed by atoms with Crippen LogP contribution < -0.4 is 10.6 Å². The Morgan fingerprint density at radius 3 is 2.64 bits per heavy atom. The minimum Gasteiger partial charge on any atom is -0.381 e. The van der Waals surface area contributed by atoms with Crippen LogP contribution in [-0.4, -0.2) is 37.7 Å². The lowest BCUT2D eigenvalue weighted by molar-refractivity contribution is 0.0513. The van der Waals surface area contributed by atoms with E-state index < -0.39 is 0 Å². The first-order valence-electron chi connectivity index (χ1n) is 9.24. The predicted molar refractivity (Wildman–Crippen MR) is 123 cm³/mol. The number of nitrogens with zero attached hydrogens (tertiary/aromatic N) is 2. The third-order valence-electron chi connectivity index (χ3n) is 5.18. The fourth-order valence-corrected chi connectivity index (χ4v) is 4.27. The van der Waals surface area contributed by atoms with Gasteiger partial charge in [0.15, 0.2) is 5.96 Å². The zero-order valence-electron chi connectivity index (χ0n) is 16.5. The van der Waals surface area contributed by atoms with Crippen molar-refractivity contribution >= 4 is 41.3 Å². The van der Waals surface area contributed by atoms with Crippen molar-refractivity contribution in [3.63, 3.8) is 0 Å². The van der Waals surface area contributed by atoms with Gasteiger partial charge in [-0.1, -0.05) is 12.1 Å². The normalized spacial score (nSPS) is 16.4. The molecule has 5 nitrogen and oxygen atoms in total. The van der Waals surface area contributed by atoms with Gasteiger partial charge in [0.25, 0.3) is 0 Å². The summed E-state index contributed by atoms with van der Waals surface area (Å²) in [6, 6.07) is 6.92. The number of aryl methyl sites for hydroxylation is 2. The molecule has 0 saturated carbocycles. The molecule has 1 aromatic heterocycles. The van der Waals surface area contributed by atoms with Crippen molar-refractivity contribution in [3.8, 4) is 0 Å². The predicted octanol–water partition coefficient (Wildman–Crippen LogP) is 3.93. The molecule has 0 atom stereocenters. The Balaban J connectivity index is 0.00000280. The van der Waals surface area contributed by atoms with E-state index in [1.807, 2.05) is 13.0 Å². The third-order valence-corrected chi connectivity index (χ3v) is 6.26. The van der Waals surface area contributed by atoms with Crippen molar-refractivity contribution in [3.05, 3.63) is 51.2 Å². The number of ether oxygens (including phenoxy) is 1. The molecule has 8 heteroatoms. The average Bonchev–Trinajstić information content (AvgIpc) is 3.00. The average molecular weight is 518 g/mol. The lowest BCUT2D eigenvalue weighted by atomic mass is 9.74. The lowest BCUT2D eigenvalue weighted by Crippen LogP contribution is -2.48. The number of thiazole rings is 1. The highest BCUT2D eigenvalue weighted by molar-refractivity contribution is 14.0. The molecular weight excluding hydrogens is 490 g/mol. The fourth-order valence-electron chi connectivity index (χ4n) is 3.40. The number of rotatable bonds is 5. The van der Waals surface area contributed by atoms with Gasteiger partial charge in [-0.3, -0.25) is 4.99 Å². The quantitative estimate of drug-likeness (QED) is 0.358. The van der Waals surface area contributed by atoms with Crippen molar-refractivity contribution in [2.45, 2.75) is 38.6 Å². The molecule has 0 amide bonds. The molecule has 0 radical (unpaired) electrons. The molecule has 154 valence electrons. The maximum atomic E-state index is 13.8. The van der Waals surface area contributed by atoms with Crippen LogP contribution in [0.1, 0.15) is 34.0 Å². The van der Waals surface area contributed by atoms with Crippen molar-refractivity contribution in [2.24, 2.45) is 4.99 Å². The van der Waals surface area contributed by atoms with Gasteiger partial charge in [-0.25, -0.2) is 9.37 Å². The minimum absolute atomic E-state index is 0. The third kappa shape index (κ3) is 5.64. The molecule has 1 aliphatic heterocycles. The number of halogens is 2. The maximum absolute atomic E-state index is 13.8. The number of hydrogen-bond acceptors (Lipinski definition) is 4.